The van der Waals surface area contributed by atoms with Crippen LogP contribution >= 0.6 is 0 Å². The molecule has 174 valence electrons. The topological polar surface area (TPSA) is 93.1 Å². The molecule has 0 spiro atoms. The van der Waals surface area contributed by atoms with Crippen LogP contribution in [0.5, 0.6) is 0 Å². The molecule has 10 heteroatoms. The summed E-state index contributed by atoms with van der Waals surface area (Å²) < 4.78 is 38.6. The lowest BCUT2D eigenvalue weighted by Gasteiger charge is -2.19. The van der Waals surface area contributed by atoms with E-state index in [4.69, 9.17) is 5.41 Å². The van der Waals surface area contributed by atoms with E-state index in [0.29, 0.717) is 10.7 Å². The number of amides is 1. The van der Waals surface area contributed by atoms with Crippen molar-refractivity contribution in [3.63, 3.8) is 0 Å². The predicted molar refractivity (Wildman–Crippen MR) is 122 cm³/mol. The molecule has 4 rings (SSSR count). The highest BCUT2D eigenvalue weighted by Gasteiger charge is 2.40. The fraction of sp³-hybridized carbons (Fsp3) is 0.125. The molecular weight excluding hydrogens is 445 g/mol. The van der Waals surface area contributed by atoms with Gasteiger partial charge in [-0.25, -0.2) is 0 Å². The number of halogens is 3. The Morgan fingerprint density at radius 2 is 1.71 bits per heavy atom. The number of amidine groups is 1. The van der Waals surface area contributed by atoms with E-state index in [1.165, 1.54) is 0 Å². The maximum atomic E-state index is 12.9. The Morgan fingerprint density at radius 3 is 2.35 bits per heavy atom. The molecule has 7 nitrogen and oxygen atoms in total. The molecule has 2 heterocycles. The number of pyridine rings is 1. The molecule has 1 saturated heterocycles. The Balaban J connectivity index is 1.57. The molecule has 4 N–H and O–H groups in total. The third kappa shape index (κ3) is 5.52. The largest absolute Gasteiger partial charge is 0.408 e. The van der Waals surface area contributed by atoms with E-state index < -0.39 is 24.5 Å². The monoisotopic (exact) mass is 466 g/mol. The van der Waals surface area contributed by atoms with Crippen LogP contribution in [-0.4, -0.2) is 34.5 Å². The molecule has 34 heavy (non-hydrogen) atoms. The summed E-state index contributed by atoms with van der Waals surface area (Å²) in [5.74, 6) is -1.24. The van der Waals surface area contributed by atoms with Gasteiger partial charge in [0.25, 0.3) is 5.91 Å². The number of nitrogens with one attached hydrogen (secondary N) is 4. The van der Waals surface area contributed by atoms with Crippen LogP contribution in [0.15, 0.2) is 90.4 Å². The van der Waals surface area contributed by atoms with Gasteiger partial charge in [0.05, 0.1) is 5.69 Å². The number of anilines is 1. The summed E-state index contributed by atoms with van der Waals surface area (Å²) in [6.07, 6.45) is -2.87. The summed E-state index contributed by atoms with van der Waals surface area (Å²) in [7, 11) is 0. The molecule has 1 aliphatic heterocycles. The van der Waals surface area contributed by atoms with E-state index in [1.807, 2.05) is 48.5 Å². The second kappa shape index (κ2) is 9.65. The van der Waals surface area contributed by atoms with Gasteiger partial charge in [-0.15, -0.1) is 0 Å². The number of hydrogen-bond acceptors (Lipinski definition) is 5. The van der Waals surface area contributed by atoms with Gasteiger partial charge >= 0.3 is 6.18 Å². The number of nitrogens with zero attached hydrogens (tertiary/aromatic N) is 2. The van der Waals surface area contributed by atoms with Crippen molar-refractivity contribution < 1.29 is 18.0 Å². The van der Waals surface area contributed by atoms with Crippen molar-refractivity contribution in [2.24, 2.45) is 0 Å². The summed E-state index contributed by atoms with van der Waals surface area (Å²) in [6.45, 7) is -1.20. The zero-order chi connectivity index (χ0) is 24.1. The molecule has 1 aliphatic rings. The lowest BCUT2D eigenvalue weighted by molar-refractivity contribution is -0.144. The smallest absolute Gasteiger partial charge is 0.367 e. The predicted octanol–water partition coefficient (Wildman–Crippen LogP) is 4.05. The molecular formula is C24H21F3N6O. The number of alkyl halides is 3. The maximum Gasteiger partial charge on any atom is 0.408 e. The van der Waals surface area contributed by atoms with Crippen LogP contribution in [0, 0.1) is 5.41 Å². The first kappa shape index (κ1) is 22.8. The molecule has 2 aromatic carbocycles. The number of rotatable bonds is 7. The fourth-order valence-corrected chi connectivity index (χ4v) is 3.38. The molecule has 0 saturated carbocycles. The van der Waals surface area contributed by atoms with Gasteiger partial charge in [-0.2, -0.15) is 13.2 Å². The minimum Gasteiger partial charge on any atom is -0.367 e. The van der Waals surface area contributed by atoms with Gasteiger partial charge < -0.3 is 10.6 Å². The maximum absolute atomic E-state index is 12.9. The van der Waals surface area contributed by atoms with Crippen LogP contribution in [0.2, 0.25) is 0 Å². The highest BCUT2D eigenvalue weighted by Crippen LogP contribution is 2.22. The van der Waals surface area contributed by atoms with Crippen LogP contribution in [0.3, 0.4) is 0 Å². The molecule has 0 bridgehead atoms. The number of hydrogen-bond donors (Lipinski definition) is 4. The normalized spacial score (nSPS) is 15.2. The minimum absolute atomic E-state index is 0.132. The molecule has 0 unspecified atom stereocenters. The van der Waals surface area contributed by atoms with Gasteiger partial charge in [-0.3, -0.25) is 25.6 Å². The van der Waals surface area contributed by atoms with Crippen molar-refractivity contribution in [2.45, 2.75) is 12.7 Å². The first-order chi connectivity index (χ1) is 16.3. The van der Waals surface area contributed by atoms with Gasteiger partial charge in [0, 0.05) is 24.0 Å². The van der Waals surface area contributed by atoms with E-state index in [2.05, 4.69) is 21.0 Å². The average Bonchev–Trinajstić information content (AvgIpc) is 3.09. The van der Waals surface area contributed by atoms with Gasteiger partial charge in [0.2, 0.25) is 0 Å². The van der Waals surface area contributed by atoms with Gasteiger partial charge in [0.15, 0.2) is 5.84 Å². The molecule has 0 atom stereocenters. The van der Waals surface area contributed by atoms with Crippen LogP contribution in [-0.2, 0) is 11.3 Å². The number of carbonyl (C=O) groups excluding carboxylic acids is 1. The van der Waals surface area contributed by atoms with E-state index in [-0.39, 0.29) is 17.9 Å². The molecule has 0 aliphatic carbocycles. The van der Waals surface area contributed by atoms with Crippen molar-refractivity contribution >= 4 is 17.4 Å². The second-order valence-electron chi connectivity index (χ2n) is 7.50. The van der Waals surface area contributed by atoms with E-state index in [1.54, 1.807) is 30.5 Å². The molecule has 1 amide bonds. The summed E-state index contributed by atoms with van der Waals surface area (Å²) >= 11 is 0. The lowest BCUT2D eigenvalue weighted by Crippen LogP contribution is -2.42. The first-order valence-electron chi connectivity index (χ1n) is 10.3. The number of aromatic nitrogens is 1. The van der Waals surface area contributed by atoms with Gasteiger partial charge in [0.1, 0.15) is 17.9 Å². The second-order valence-corrected chi connectivity index (χ2v) is 7.50. The third-order valence-corrected chi connectivity index (χ3v) is 4.98. The van der Waals surface area contributed by atoms with Crippen molar-refractivity contribution in [1.29, 1.82) is 5.41 Å². The Bertz CT molecular complexity index is 1190. The van der Waals surface area contributed by atoms with Crippen LogP contribution in [0.25, 0.3) is 11.3 Å². The highest BCUT2D eigenvalue weighted by atomic mass is 19.4. The lowest BCUT2D eigenvalue weighted by atomic mass is 10.1. The minimum atomic E-state index is -4.58. The number of hydrazine groups is 1. The standard InChI is InChI=1S/C24H21F3N6O/c25-24(26,27)15-33-21(28)20(23(34)32-33)22(31-18-6-2-1-3-7-18)30-14-16-9-11-17(12-10-16)19-8-4-5-13-29-19/h1-13,28,30-31H,14-15H2,(H,32,34)/b22-20-,28-21?. The summed E-state index contributed by atoms with van der Waals surface area (Å²) in [6, 6.07) is 22.1. The Hall–Kier alpha value is -4.34. The van der Waals surface area contributed by atoms with Crippen LogP contribution in [0.1, 0.15) is 5.56 Å². The summed E-state index contributed by atoms with van der Waals surface area (Å²) in [5, 5.41) is 14.7. The molecule has 1 aromatic heterocycles. The van der Waals surface area contributed by atoms with Gasteiger partial charge in [-0.1, -0.05) is 48.5 Å². The van der Waals surface area contributed by atoms with Crippen molar-refractivity contribution in [3.8, 4) is 11.3 Å². The zero-order valence-corrected chi connectivity index (χ0v) is 17.9. The van der Waals surface area contributed by atoms with Crippen LogP contribution < -0.4 is 16.1 Å². The third-order valence-electron chi connectivity index (χ3n) is 4.98. The van der Waals surface area contributed by atoms with E-state index >= 15 is 0 Å². The fourth-order valence-electron chi connectivity index (χ4n) is 3.38. The van der Waals surface area contributed by atoms with Crippen molar-refractivity contribution in [3.05, 3.63) is 96.0 Å². The first-order valence-corrected chi connectivity index (χ1v) is 10.3. The molecule has 1 fully saturated rings. The zero-order valence-electron chi connectivity index (χ0n) is 17.9. The Labute approximate surface area is 193 Å². The Kier molecular flexibility index (Phi) is 6.48. The summed E-state index contributed by atoms with van der Waals surface area (Å²) in [5.41, 5.74) is 5.14. The number of carbonyl (C=O) groups is 1. The van der Waals surface area contributed by atoms with E-state index in [9.17, 15) is 18.0 Å². The van der Waals surface area contributed by atoms with Crippen molar-refractivity contribution in [1.82, 2.24) is 20.7 Å². The average molecular weight is 466 g/mol. The molecule has 3 aromatic rings. The Morgan fingerprint density at radius 1 is 1.00 bits per heavy atom. The SMILES string of the molecule is N=C1/C(=C(\NCc2ccc(-c3ccccn3)cc2)Nc2ccccc2)C(=O)NN1CC(F)(F)F. The number of benzene rings is 2. The summed E-state index contributed by atoms with van der Waals surface area (Å²) in [4.78, 5) is 16.8. The van der Waals surface area contributed by atoms with Crippen LogP contribution in [0.4, 0.5) is 18.9 Å². The number of para-hydroxylation sites is 1. The molecule has 0 radical (unpaired) electrons. The quantitative estimate of drug-likeness (QED) is 0.395. The highest BCUT2D eigenvalue weighted by molar-refractivity contribution is 6.24. The van der Waals surface area contributed by atoms with Crippen molar-refractivity contribution in [2.75, 3.05) is 11.9 Å². The van der Waals surface area contributed by atoms with Gasteiger partial charge in [-0.05, 0) is 29.8 Å². The van der Waals surface area contributed by atoms with E-state index in [0.717, 1.165) is 16.8 Å².